The zero-order valence-corrected chi connectivity index (χ0v) is 15.9. The number of amides is 2. The van der Waals surface area contributed by atoms with Crippen molar-refractivity contribution in [3.8, 4) is 11.5 Å². The Morgan fingerprint density at radius 3 is 2.44 bits per heavy atom. The molecule has 0 aromatic heterocycles. The number of carbonyl (C=O) groups excluding carboxylic acids is 2. The van der Waals surface area contributed by atoms with Gasteiger partial charge in [-0.05, 0) is 55.8 Å². The minimum Gasteiger partial charge on any atom is -0.490 e. The number of carbonyl (C=O) groups is 2. The summed E-state index contributed by atoms with van der Waals surface area (Å²) in [5.41, 5.74) is 0.811. The quantitative estimate of drug-likeness (QED) is 0.470. The maximum absolute atomic E-state index is 12.5. The van der Waals surface area contributed by atoms with Crippen LogP contribution in [0.2, 0.25) is 0 Å². The molecular formula is C19H25NO4S. The topological polar surface area (TPSA) is 55.8 Å². The zero-order chi connectivity index (χ0) is 18.2. The third kappa shape index (κ3) is 5.01. The fourth-order valence-electron chi connectivity index (χ4n) is 2.52. The minimum absolute atomic E-state index is 0.191. The summed E-state index contributed by atoms with van der Waals surface area (Å²) in [5.74, 6) is 1.10. The lowest BCUT2D eigenvalue weighted by Crippen LogP contribution is -2.29. The molecule has 1 aromatic carbocycles. The van der Waals surface area contributed by atoms with E-state index in [1.54, 1.807) is 6.08 Å². The molecule has 0 radical (unpaired) electrons. The Labute approximate surface area is 153 Å². The van der Waals surface area contributed by atoms with Crippen molar-refractivity contribution in [2.45, 2.75) is 40.0 Å². The Hall–Kier alpha value is -1.95. The highest BCUT2D eigenvalue weighted by Gasteiger charge is 2.34. The molecule has 6 heteroatoms. The molecule has 2 amide bonds. The van der Waals surface area contributed by atoms with E-state index < -0.39 is 0 Å². The van der Waals surface area contributed by atoms with Crippen LogP contribution in [0.4, 0.5) is 4.79 Å². The summed E-state index contributed by atoms with van der Waals surface area (Å²) in [6.07, 6.45) is 4.65. The third-order valence-corrected chi connectivity index (χ3v) is 4.63. The second-order valence-corrected chi connectivity index (χ2v) is 6.61. The summed E-state index contributed by atoms with van der Waals surface area (Å²) >= 11 is 0.995. The van der Waals surface area contributed by atoms with Crippen LogP contribution >= 0.6 is 11.8 Å². The van der Waals surface area contributed by atoms with E-state index in [2.05, 4.69) is 6.92 Å². The van der Waals surface area contributed by atoms with Crippen molar-refractivity contribution < 1.29 is 19.1 Å². The lowest BCUT2D eigenvalue weighted by atomic mass is 10.1. The molecule has 1 fully saturated rings. The van der Waals surface area contributed by atoms with Crippen molar-refractivity contribution in [2.24, 2.45) is 0 Å². The van der Waals surface area contributed by atoms with Crippen LogP contribution in [0.25, 0.3) is 6.08 Å². The van der Waals surface area contributed by atoms with Gasteiger partial charge in [0.15, 0.2) is 11.5 Å². The second kappa shape index (κ2) is 9.51. The Bertz CT molecular complexity index is 657. The van der Waals surface area contributed by atoms with Crippen molar-refractivity contribution in [1.29, 1.82) is 0 Å². The standard InChI is InChI=1S/C19H25NO4S/c1-4-7-8-11-20-18(21)17(25-19(20)22)13-14-9-10-15(23-5-2)16(12-14)24-6-3/h9-10,12-13H,4-8,11H2,1-3H3/b17-13-. The van der Waals surface area contributed by atoms with Crippen molar-refractivity contribution in [3.63, 3.8) is 0 Å². The number of rotatable bonds is 9. The van der Waals surface area contributed by atoms with Gasteiger partial charge >= 0.3 is 0 Å². The van der Waals surface area contributed by atoms with Gasteiger partial charge in [0.25, 0.3) is 11.1 Å². The molecule has 1 heterocycles. The number of hydrogen-bond donors (Lipinski definition) is 0. The lowest BCUT2D eigenvalue weighted by molar-refractivity contribution is -0.122. The summed E-state index contributed by atoms with van der Waals surface area (Å²) in [5, 5.41) is -0.191. The highest BCUT2D eigenvalue weighted by molar-refractivity contribution is 8.18. The van der Waals surface area contributed by atoms with Gasteiger partial charge in [-0.15, -0.1) is 0 Å². The predicted octanol–water partition coefficient (Wildman–Crippen LogP) is 4.71. The summed E-state index contributed by atoms with van der Waals surface area (Å²) in [6, 6.07) is 5.52. The Morgan fingerprint density at radius 1 is 1.04 bits per heavy atom. The first kappa shape index (κ1) is 19.4. The number of imide groups is 1. The van der Waals surface area contributed by atoms with Gasteiger partial charge in [-0.25, -0.2) is 0 Å². The third-order valence-electron chi connectivity index (χ3n) is 3.72. The molecule has 1 aromatic rings. The van der Waals surface area contributed by atoms with Crippen LogP contribution in [0.1, 0.15) is 45.6 Å². The first-order chi connectivity index (χ1) is 12.1. The van der Waals surface area contributed by atoms with E-state index in [1.807, 2.05) is 32.0 Å². The molecule has 5 nitrogen and oxygen atoms in total. The summed E-state index contributed by atoms with van der Waals surface area (Å²) in [6.45, 7) is 7.48. The van der Waals surface area contributed by atoms with Crippen molar-refractivity contribution in [2.75, 3.05) is 19.8 Å². The maximum atomic E-state index is 12.5. The highest BCUT2D eigenvalue weighted by Crippen LogP contribution is 2.34. The van der Waals surface area contributed by atoms with Gasteiger partial charge in [0.05, 0.1) is 18.1 Å². The molecule has 0 N–H and O–H groups in total. The average Bonchev–Trinajstić information content (AvgIpc) is 2.85. The smallest absolute Gasteiger partial charge is 0.293 e. The monoisotopic (exact) mass is 363 g/mol. The van der Waals surface area contributed by atoms with Gasteiger partial charge in [-0.2, -0.15) is 0 Å². The van der Waals surface area contributed by atoms with E-state index in [9.17, 15) is 9.59 Å². The van der Waals surface area contributed by atoms with Crippen LogP contribution in [0, 0.1) is 0 Å². The molecule has 0 bridgehead atoms. The SMILES string of the molecule is CCCCCN1C(=O)S/C(=C\c2ccc(OCC)c(OCC)c2)C1=O. The fourth-order valence-corrected chi connectivity index (χ4v) is 3.39. The van der Waals surface area contributed by atoms with Gasteiger partial charge in [0, 0.05) is 6.54 Å². The van der Waals surface area contributed by atoms with Crippen molar-refractivity contribution in [1.82, 2.24) is 4.90 Å². The lowest BCUT2D eigenvalue weighted by Gasteiger charge is -2.12. The van der Waals surface area contributed by atoms with Gasteiger partial charge < -0.3 is 9.47 Å². The molecule has 0 spiro atoms. The van der Waals surface area contributed by atoms with E-state index in [1.165, 1.54) is 4.90 Å². The molecule has 0 aliphatic carbocycles. The molecule has 1 saturated heterocycles. The summed E-state index contributed by atoms with van der Waals surface area (Å²) in [7, 11) is 0. The van der Waals surface area contributed by atoms with Crippen LogP contribution in [0.15, 0.2) is 23.1 Å². The fraction of sp³-hybridized carbons (Fsp3) is 0.474. The number of unbranched alkanes of at least 4 members (excludes halogenated alkanes) is 2. The van der Waals surface area contributed by atoms with Crippen molar-refractivity contribution in [3.05, 3.63) is 28.7 Å². The van der Waals surface area contributed by atoms with Gasteiger partial charge in [0.2, 0.25) is 0 Å². The van der Waals surface area contributed by atoms with Gasteiger partial charge in [-0.1, -0.05) is 25.8 Å². The molecule has 1 aliphatic rings. The predicted molar refractivity (Wildman–Crippen MR) is 101 cm³/mol. The van der Waals surface area contributed by atoms with Crippen LogP contribution in [-0.4, -0.2) is 35.8 Å². The number of nitrogens with zero attached hydrogens (tertiary/aromatic N) is 1. The van der Waals surface area contributed by atoms with Crippen LogP contribution in [0.5, 0.6) is 11.5 Å². The number of thioether (sulfide) groups is 1. The highest BCUT2D eigenvalue weighted by atomic mass is 32.2. The molecule has 136 valence electrons. The van der Waals surface area contributed by atoms with Crippen molar-refractivity contribution >= 4 is 29.0 Å². The van der Waals surface area contributed by atoms with Gasteiger partial charge in [0.1, 0.15) is 0 Å². The van der Waals surface area contributed by atoms with E-state index >= 15 is 0 Å². The second-order valence-electron chi connectivity index (χ2n) is 5.61. The van der Waals surface area contributed by atoms with E-state index in [4.69, 9.17) is 9.47 Å². The summed E-state index contributed by atoms with van der Waals surface area (Å²) in [4.78, 5) is 26.3. The molecule has 1 aliphatic heterocycles. The Morgan fingerprint density at radius 2 is 1.76 bits per heavy atom. The van der Waals surface area contributed by atoms with E-state index in [-0.39, 0.29) is 11.1 Å². The molecular weight excluding hydrogens is 338 g/mol. The molecule has 0 unspecified atom stereocenters. The van der Waals surface area contributed by atoms with Gasteiger partial charge in [-0.3, -0.25) is 14.5 Å². The van der Waals surface area contributed by atoms with Crippen LogP contribution in [0.3, 0.4) is 0 Å². The molecule has 2 rings (SSSR count). The number of ether oxygens (including phenoxy) is 2. The molecule has 25 heavy (non-hydrogen) atoms. The summed E-state index contributed by atoms with van der Waals surface area (Å²) < 4.78 is 11.2. The number of hydrogen-bond acceptors (Lipinski definition) is 5. The number of benzene rings is 1. The normalized spacial score (nSPS) is 16.0. The first-order valence-corrected chi connectivity index (χ1v) is 9.57. The maximum Gasteiger partial charge on any atom is 0.293 e. The average molecular weight is 363 g/mol. The molecule has 0 saturated carbocycles. The zero-order valence-electron chi connectivity index (χ0n) is 15.0. The molecule has 0 atom stereocenters. The van der Waals surface area contributed by atoms with E-state index in [0.717, 1.165) is 36.6 Å². The Balaban J connectivity index is 2.18. The Kier molecular flexibility index (Phi) is 7.37. The van der Waals surface area contributed by atoms with Crippen LogP contribution in [-0.2, 0) is 4.79 Å². The minimum atomic E-state index is -0.210. The largest absolute Gasteiger partial charge is 0.490 e. The first-order valence-electron chi connectivity index (χ1n) is 8.75. The van der Waals surface area contributed by atoms with E-state index in [0.29, 0.717) is 36.2 Å². The van der Waals surface area contributed by atoms with Crippen LogP contribution < -0.4 is 9.47 Å².